The summed E-state index contributed by atoms with van der Waals surface area (Å²) in [7, 11) is 0. The molecule has 5 heteroatoms. The van der Waals surface area contributed by atoms with Crippen LogP contribution in [0.5, 0.6) is 0 Å². The first-order valence-corrected chi connectivity index (χ1v) is 4.15. The SMILES string of the molecule is C1CCNNC1.CCOC(N)=O. The van der Waals surface area contributed by atoms with E-state index in [0.29, 0.717) is 6.61 Å². The summed E-state index contributed by atoms with van der Waals surface area (Å²) < 4.78 is 4.18. The average molecular weight is 175 g/mol. The maximum absolute atomic E-state index is 9.60. The maximum Gasteiger partial charge on any atom is 0.404 e. The van der Waals surface area contributed by atoms with Gasteiger partial charge in [0.1, 0.15) is 0 Å². The molecule has 0 aromatic rings. The van der Waals surface area contributed by atoms with Crippen molar-refractivity contribution in [1.82, 2.24) is 10.9 Å². The van der Waals surface area contributed by atoms with Crippen molar-refractivity contribution < 1.29 is 9.53 Å². The van der Waals surface area contributed by atoms with Crippen molar-refractivity contribution in [3.63, 3.8) is 0 Å². The number of amides is 1. The third-order valence-corrected chi connectivity index (χ3v) is 1.27. The van der Waals surface area contributed by atoms with E-state index in [1.807, 2.05) is 0 Å². The molecule has 1 aliphatic heterocycles. The van der Waals surface area contributed by atoms with Crippen LogP contribution in [0.2, 0.25) is 0 Å². The van der Waals surface area contributed by atoms with Gasteiger partial charge in [-0.3, -0.25) is 10.9 Å². The highest BCUT2D eigenvalue weighted by atomic mass is 16.5. The fourth-order valence-electron chi connectivity index (χ4n) is 0.746. The van der Waals surface area contributed by atoms with E-state index in [9.17, 15) is 4.79 Å². The highest BCUT2D eigenvalue weighted by molar-refractivity contribution is 5.64. The van der Waals surface area contributed by atoms with E-state index >= 15 is 0 Å². The van der Waals surface area contributed by atoms with Gasteiger partial charge in [-0.2, -0.15) is 0 Å². The molecule has 0 radical (unpaired) electrons. The van der Waals surface area contributed by atoms with Gasteiger partial charge in [0.05, 0.1) is 6.61 Å². The van der Waals surface area contributed by atoms with Gasteiger partial charge >= 0.3 is 6.09 Å². The molecule has 0 saturated carbocycles. The lowest BCUT2D eigenvalue weighted by Gasteiger charge is -2.10. The molecular formula is C7H17N3O2. The predicted octanol–water partition coefficient (Wildman–Crippen LogP) is -0.0240. The molecule has 12 heavy (non-hydrogen) atoms. The standard InChI is InChI=1S/C4H10N2.C3H7NO2/c1-2-4-6-5-3-1;1-2-6-3(4)5/h5-6H,1-4H2;2H2,1H3,(H2,4,5). The second-order valence-electron chi connectivity index (χ2n) is 2.31. The fraction of sp³-hybridized carbons (Fsp3) is 0.857. The number of nitrogens with two attached hydrogens (primary N) is 1. The molecule has 0 unspecified atom stereocenters. The third-order valence-electron chi connectivity index (χ3n) is 1.27. The van der Waals surface area contributed by atoms with E-state index in [2.05, 4.69) is 21.3 Å². The Labute approximate surface area is 72.6 Å². The third kappa shape index (κ3) is 9.19. The second-order valence-corrected chi connectivity index (χ2v) is 2.31. The van der Waals surface area contributed by atoms with Crippen LogP contribution in [-0.2, 0) is 4.74 Å². The maximum atomic E-state index is 9.60. The Morgan fingerprint density at radius 3 is 2.00 bits per heavy atom. The van der Waals surface area contributed by atoms with Crippen molar-refractivity contribution in [2.45, 2.75) is 19.8 Å². The van der Waals surface area contributed by atoms with Gasteiger partial charge < -0.3 is 10.5 Å². The van der Waals surface area contributed by atoms with Crippen LogP contribution >= 0.6 is 0 Å². The summed E-state index contributed by atoms with van der Waals surface area (Å²) in [6.07, 6.45) is 1.94. The average Bonchev–Trinajstić information content (AvgIpc) is 2.08. The van der Waals surface area contributed by atoms with E-state index in [1.165, 1.54) is 12.8 Å². The monoisotopic (exact) mass is 175 g/mol. The molecule has 0 atom stereocenters. The van der Waals surface area contributed by atoms with Crippen molar-refractivity contribution in [3.8, 4) is 0 Å². The Hall–Kier alpha value is -0.810. The van der Waals surface area contributed by atoms with Crippen LogP contribution < -0.4 is 16.6 Å². The summed E-state index contributed by atoms with van der Waals surface area (Å²) >= 11 is 0. The quantitative estimate of drug-likeness (QED) is 0.523. The summed E-state index contributed by atoms with van der Waals surface area (Å²) in [4.78, 5) is 9.60. The molecule has 0 aliphatic carbocycles. The molecule has 0 aromatic heterocycles. The molecule has 1 rings (SSSR count). The van der Waals surface area contributed by atoms with Gasteiger partial charge in [-0.05, 0) is 19.8 Å². The Balaban J connectivity index is 0.000000202. The van der Waals surface area contributed by atoms with Crippen molar-refractivity contribution in [2.75, 3.05) is 19.7 Å². The van der Waals surface area contributed by atoms with Crippen molar-refractivity contribution in [1.29, 1.82) is 0 Å². The first kappa shape index (κ1) is 11.2. The zero-order chi connectivity index (χ0) is 9.23. The molecule has 72 valence electrons. The zero-order valence-electron chi connectivity index (χ0n) is 7.43. The topological polar surface area (TPSA) is 76.4 Å². The van der Waals surface area contributed by atoms with Gasteiger partial charge in [-0.25, -0.2) is 4.79 Å². The molecule has 0 aromatic carbocycles. The van der Waals surface area contributed by atoms with Crippen LogP contribution in [0.15, 0.2) is 0 Å². The number of carbonyl (C=O) groups excluding carboxylic acids is 1. The Kier molecular flexibility index (Phi) is 7.73. The summed E-state index contributed by atoms with van der Waals surface area (Å²) in [6.45, 7) is 4.33. The number of nitrogens with one attached hydrogen (secondary N) is 2. The largest absolute Gasteiger partial charge is 0.450 e. The van der Waals surface area contributed by atoms with Crippen LogP contribution in [0, 0.1) is 0 Å². The van der Waals surface area contributed by atoms with Gasteiger partial charge in [0, 0.05) is 13.1 Å². The lowest BCUT2D eigenvalue weighted by atomic mass is 10.3. The predicted molar refractivity (Wildman–Crippen MR) is 46.4 cm³/mol. The van der Waals surface area contributed by atoms with Crippen LogP contribution in [0.1, 0.15) is 19.8 Å². The van der Waals surface area contributed by atoms with Crippen LogP contribution in [0.25, 0.3) is 0 Å². The van der Waals surface area contributed by atoms with Gasteiger partial charge in [0.25, 0.3) is 0 Å². The summed E-state index contributed by atoms with van der Waals surface area (Å²) in [5.74, 6) is 0. The van der Waals surface area contributed by atoms with Crippen molar-refractivity contribution >= 4 is 6.09 Å². The second kappa shape index (κ2) is 8.29. The number of hydrogen-bond donors (Lipinski definition) is 3. The van der Waals surface area contributed by atoms with Crippen molar-refractivity contribution in [2.24, 2.45) is 5.73 Å². The molecule has 4 N–H and O–H groups in total. The Bertz CT molecular complexity index is 104. The normalized spacial score (nSPS) is 15.8. The first-order valence-electron chi connectivity index (χ1n) is 4.15. The van der Waals surface area contributed by atoms with E-state index in [1.54, 1.807) is 6.92 Å². The number of hydrazine groups is 1. The van der Waals surface area contributed by atoms with Gasteiger partial charge in [0.15, 0.2) is 0 Å². The number of hydrogen-bond acceptors (Lipinski definition) is 4. The van der Waals surface area contributed by atoms with E-state index < -0.39 is 6.09 Å². The summed E-state index contributed by atoms with van der Waals surface area (Å²) in [5, 5.41) is 0. The molecule has 1 amide bonds. The van der Waals surface area contributed by atoms with Gasteiger partial charge in [0.2, 0.25) is 0 Å². The molecule has 1 heterocycles. The highest BCUT2D eigenvalue weighted by Crippen LogP contribution is 1.85. The summed E-state index contributed by atoms with van der Waals surface area (Å²) in [5.41, 5.74) is 10.6. The number of primary amides is 1. The highest BCUT2D eigenvalue weighted by Gasteiger charge is 1.92. The molecule has 1 aliphatic rings. The van der Waals surface area contributed by atoms with Gasteiger partial charge in [-0.1, -0.05) is 0 Å². The molecule has 1 saturated heterocycles. The van der Waals surface area contributed by atoms with Gasteiger partial charge in [-0.15, -0.1) is 0 Å². The molecule has 1 fully saturated rings. The number of ether oxygens (including phenoxy) is 1. The summed E-state index contributed by atoms with van der Waals surface area (Å²) in [6, 6.07) is 0. The Morgan fingerprint density at radius 2 is 1.92 bits per heavy atom. The molecule has 0 bridgehead atoms. The van der Waals surface area contributed by atoms with Crippen LogP contribution in [0.4, 0.5) is 4.79 Å². The van der Waals surface area contributed by atoms with E-state index in [0.717, 1.165) is 13.1 Å². The van der Waals surface area contributed by atoms with E-state index in [4.69, 9.17) is 0 Å². The Morgan fingerprint density at radius 1 is 1.42 bits per heavy atom. The fourth-order valence-corrected chi connectivity index (χ4v) is 0.746. The lowest BCUT2D eigenvalue weighted by molar-refractivity contribution is 0.163. The molecular weight excluding hydrogens is 158 g/mol. The zero-order valence-corrected chi connectivity index (χ0v) is 7.43. The van der Waals surface area contributed by atoms with Crippen LogP contribution in [-0.4, -0.2) is 25.8 Å². The number of carbonyl (C=O) groups is 1. The molecule has 5 nitrogen and oxygen atoms in total. The lowest BCUT2D eigenvalue weighted by Crippen LogP contribution is -2.37. The number of rotatable bonds is 1. The minimum absolute atomic E-state index is 0.356. The first-order chi connectivity index (χ1) is 5.77. The minimum atomic E-state index is -0.711. The van der Waals surface area contributed by atoms with Crippen molar-refractivity contribution in [3.05, 3.63) is 0 Å². The van der Waals surface area contributed by atoms with E-state index in [-0.39, 0.29) is 0 Å². The smallest absolute Gasteiger partial charge is 0.404 e. The minimum Gasteiger partial charge on any atom is -0.450 e. The molecule has 0 spiro atoms. The van der Waals surface area contributed by atoms with Crippen LogP contribution in [0.3, 0.4) is 0 Å².